The molecule has 5 nitrogen and oxygen atoms in total. The molecule has 0 aromatic heterocycles. The minimum absolute atomic E-state index is 0.0888. The fourth-order valence-corrected chi connectivity index (χ4v) is 3.10. The van der Waals surface area contributed by atoms with Crippen LogP contribution in [0.15, 0.2) is 53.4 Å². The third kappa shape index (κ3) is 4.79. The number of carbonyl (C=O) groups is 2. The molecule has 1 atom stereocenters. The van der Waals surface area contributed by atoms with Crippen molar-refractivity contribution in [3.05, 3.63) is 48.5 Å². The lowest BCUT2D eigenvalue weighted by molar-refractivity contribution is -0.117. The lowest BCUT2D eigenvalue weighted by Gasteiger charge is -2.17. The number of benzene rings is 2. The zero-order valence-electron chi connectivity index (χ0n) is 14.9. The van der Waals surface area contributed by atoms with E-state index in [4.69, 9.17) is 0 Å². The van der Waals surface area contributed by atoms with Gasteiger partial charge in [-0.05, 0) is 62.4 Å². The van der Waals surface area contributed by atoms with Gasteiger partial charge in [0.25, 0.3) is 0 Å². The van der Waals surface area contributed by atoms with E-state index in [1.807, 2.05) is 61.7 Å². The first-order valence-electron chi connectivity index (χ1n) is 8.68. The Bertz CT molecular complexity index is 788. The highest BCUT2D eigenvalue weighted by Crippen LogP contribution is 2.30. The summed E-state index contributed by atoms with van der Waals surface area (Å²) in [4.78, 5) is 25.2. The van der Waals surface area contributed by atoms with Gasteiger partial charge >= 0.3 is 0 Å². The van der Waals surface area contributed by atoms with E-state index in [1.54, 1.807) is 11.8 Å². The van der Waals surface area contributed by atoms with Gasteiger partial charge < -0.3 is 16.0 Å². The van der Waals surface area contributed by atoms with Crippen molar-refractivity contribution in [2.24, 2.45) is 5.92 Å². The van der Waals surface area contributed by atoms with Gasteiger partial charge in [-0.3, -0.25) is 9.59 Å². The van der Waals surface area contributed by atoms with Crippen molar-refractivity contribution in [2.75, 3.05) is 22.2 Å². The molecule has 6 heteroatoms. The van der Waals surface area contributed by atoms with Crippen molar-refractivity contribution in [1.82, 2.24) is 0 Å². The third-order valence-corrected chi connectivity index (χ3v) is 5.04. The molecular formula is C20H23N3O2S. The van der Waals surface area contributed by atoms with Crippen molar-refractivity contribution in [1.29, 1.82) is 0 Å². The van der Waals surface area contributed by atoms with Gasteiger partial charge in [0.05, 0.1) is 5.69 Å². The molecule has 136 valence electrons. The first kappa shape index (κ1) is 18.3. The Hall–Kier alpha value is -2.47. The molecule has 0 spiro atoms. The summed E-state index contributed by atoms with van der Waals surface area (Å²) < 4.78 is 0. The average Bonchev–Trinajstić information content (AvgIpc) is 3.49. The van der Waals surface area contributed by atoms with Gasteiger partial charge in [0.2, 0.25) is 11.8 Å². The molecule has 1 aliphatic carbocycles. The molecule has 1 aliphatic rings. The molecule has 0 radical (unpaired) electrons. The van der Waals surface area contributed by atoms with Crippen molar-refractivity contribution in [2.45, 2.75) is 30.7 Å². The highest BCUT2D eigenvalue weighted by Gasteiger charge is 2.29. The van der Waals surface area contributed by atoms with E-state index in [2.05, 4.69) is 16.0 Å². The van der Waals surface area contributed by atoms with Crippen LogP contribution < -0.4 is 16.0 Å². The van der Waals surface area contributed by atoms with Crippen LogP contribution in [0.1, 0.15) is 19.8 Å². The molecule has 0 bridgehead atoms. The molecule has 0 heterocycles. The molecule has 0 saturated heterocycles. The number of anilines is 3. The van der Waals surface area contributed by atoms with Crippen molar-refractivity contribution < 1.29 is 9.59 Å². The number of para-hydroxylation sites is 1. The Kier molecular flexibility index (Phi) is 5.83. The van der Waals surface area contributed by atoms with Gasteiger partial charge in [0.15, 0.2) is 0 Å². The molecule has 3 N–H and O–H groups in total. The smallest absolute Gasteiger partial charge is 0.246 e. The summed E-state index contributed by atoms with van der Waals surface area (Å²) >= 11 is 1.60. The van der Waals surface area contributed by atoms with Crippen LogP contribution in [0.2, 0.25) is 0 Å². The number of hydrogen-bond donors (Lipinski definition) is 3. The first-order valence-corrected chi connectivity index (χ1v) is 9.90. The van der Waals surface area contributed by atoms with Crippen LogP contribution in [0.4, 0.5) is 17.1 Å². The summed E-state index contributed by atoms with van der Waals surface area (Å²) in [6.07, 6.45) is 3.95. The van der Waals surface area contributed by atoms with Crippen molar-refractivity contribution in [3.63, 3.8) is 0 Å². The van der Waals surface area contributed by atoms with Gasteiger partial charge in [0, 0.05) is 22.2 Å². The molecule has 1 saturated carbocycles. The Morgan fingerprint density at radius 1 is 1.00 bits per heavy atom. The third-order valence-electron chi connectivity index (χ3n) is 4.24. The molecule has 1 fully saturated rings. The number of hydrogen-bond acceptors (Lipinski definition) is 4. The fourth-order valence-electron chi connectivity index (χ4n) is 2.54. The maximum atomic E-state index is 12.4. The van der Waals surface area contributed by atoms with E-state index < -0.39 is 6.04 Å². The van der Waals surface area contributed by atoms with Crippen LogP contribution >= 0.6 is 11.8 Å². The molecule has 2 amide bonds. The minimum Gasteiger partial charge on any atom is -0.374 e. The van der Waals surface area contributed by atoms with Crippen LogP contribution in [0.25, 0.3) is 0 Å². The van der Waals surface area contributed by atoms with Crippen LogP contribution in [0, 0.1) is 5.92 Å². The lowest BCUT2D eigenvalue weighted by Crippen LogP contribution is -2.32. The Balaban J connectivity index is 1.55. The SMILES string of the molecule is CSc1ccccc1NC(=O)[C@@H](C)Nc1ccc(NC(=O)C2CC2)cc1. The van der Waals surface area contributed by atoms with Crippen LogP contribution in [0.3, 0.4) is 0 Å². The Morgan fingerprint density at radius 3 is 2.31 bits per heavy atom. The van der Waals surface area contributed by atoms with Gasteiger partial charge in [0.1, 0.15) is 6.04 Å². The molecule has 2 aromatic carbocycles. The summed E-state index contributed by atoms with van der Waals surface area (Å²) in [7, 11) is 0. The number of amides is 2. The van der Waals surface area contributed by atoms with E-state index in [0.29, 0.717) is 0 Å². The van der Waals surface area contributed by atoms with Crippen LogP contribution in [-0.4, -0.2) is 24.1 Å². The monoisotopic (exact) mass is 369 g/mol. The predicted octanol–water partition coefficient (Wildman–Crippen LogP) is 4.20. The topological polar surface area (TPSA) is 70.2 Å². The van der Waals surface area contributed by atoms with Crippen molar-refractivity contribution in [3.8, 4) is 0 Å². The second-order valence-electron chi connectivity index (χ2n) is 6.40. The standard InChI is InChI=1S/C20H23N3O2S/c1-13(19(24)23-17-5-3-4-6-18(17)26-2)21-15-9-11-16(12-10-15)22-20(25)14-7-8-14/h3-6,9-14,21H,7-8H2,1-2H3,(H,22,25)(H,23,24)/t13-/m1/s1. The molecule has 26 heavy (non-hydrogen) atoms. The van der Waals surface area contributed by atoms with Gasteiger partial charge in [-0.1, -0.05) is 12.1 Å². The molecule has 2 aromatic rings. The second-order valence-corrected chi connectivity index (χ2v) is 7.24. The quantitative estimate of drug-likeness (QED) is 0.640. The maximum Gasteiger partial charge on any atom is 0.246 e. The molecule has 0 aliphatic heterocycles. The number of carbonyl (C=O) groups excluding carboxylic acids is 2. The largest absolute Gasteiger partial charge is 0.374 e. The highest BCUT2D eigenvalue weighted by molar-refractivity contribution is 7.98. The van der Waals surface area contributed by atoms with Crippen LogP contribution in [-0.2, 0) is 9.59 Å². The average molecular weight is 369 g/mol. The Morgan fingerprint density at radius 2 is 1.65 bits per heavy atom. The van der Waals surface area contributed by atoms with E-state index in [1.165, 1.54) is 0 Å². The summed E-state index contributed by atoms with van der Waals surface area (Å²) in [6, 6.07) is 14.8. The predicted molar refractivity (Wildman–Crippen MR) is 108 cm³/mol. The van der Waals surface area contributed by atoms with Gasteiger partial charge in [-0.2, -0.15) is 0 Å². The van der Waals surface area contributed by atoms with E-state index in [-0.39, 0.29) is 17.7 Å². The number of thioether (sulfide) groups is 1. The fraction of sp³-hybridized carbons (Fsp3) is 0.300. The summed E-state index contributed by atoms with van der Waals surface area (Å²) in [5.41, 5.74) is 2.42. The molecule has 3 rings (SSSR count). The minimum atomic E-state index is -0.392. The van der Waals surface area contributed by atoms with Gasteiger partial charge in [-0.25, -0.2) is 0 Å². The molecular weight excluding hydrogens is 346 g/mol. The van der Waals surface area contributed by atoms with Crippen molar-refractivity contribution >= 4 is 40.6 Å². The lowest BCUT2D eigenvalue weighted by atomic mass is 10.2. The Labute approximate surface area is 157 Å². The van der Waals surface area contributed by atoms with E-state index >= 15 is 0 Å². The normalized spacial score (nSPS) is 14.4. The van der Waals surface area contributed by atoms with Crippen LogP contribution in [0.5, 0.6) is 0 Å². The first-order chi connectivity index (χ1) is 12.6. The highest BCUT2D eigenvalue weighted by atomic mass is 32.2. The zero-order valence-corrected chi connectivity index (χ0v) is 15.7. The number of rotatable bonds is 7. The number of nitrogens with one attached hydrogen (secondary N) is 3. The second kappa shape index (κ2) is 8.27. The zero-order chi connectivity index (χ0) is 18.5. The summed E-state index contributed by atoms with van der Waals surface area (Å²) in [5, 5.41) is 9.05. The van der Waals surface area contributed by atoms with E-state index in [9.17, 15) is 9.59 Å². The summed E-state index contributed by atoms with van der Waals surface area (Å²) in [6.45, 7) is 1.82. The van der Waals surface area contributed by atoms with E-state index in [0.717, 1.165) is 34.8 Å². The van der Waals surface area contributed by atoms with Gasteiger partial charge in [-0.15, -0.1) is 11.8 Å². The summed E-state index contributed by atoms with van der Waals surface area (Å²) in [5.74, 6) is 0.171. The maximum absolute atomic E-state index is 12.4. The molecule has 0 unspecified atom stereocenters.